The van der Waals surface area contributed by atoms with E-state index in [1.807, 2.05) is 23.2 Å². The molecule has 0 radical (unpaired) electrons. The standard InChI is InChI=1S/C17H18ClN3O2/c18-14-4-1-3-13(11-14)17(23)21-9-7-20(8-10-21)16(22)12-15-5-2-6-19-15/h1-6,11,19H,7-10,12H2. The minimum Gasteiger partial charge on any atom is -0.365 e. The summed E-state index contributed by atoms with van der Waals surface area (Å²) >= 11 is 5.93. The number of hydrogen-bond acceptors (Lipinski definition) is 2. The molecule has 3 rings (SSSR count). The van der Waals surface area contributed by atoms with Gasteiger partial charge in [-0.25, -0.2) is 0 Å². The minimum absolute atomic E-state index is 0.0380. The number of benzene rings is 1. The second-order valence-electron chi connectivity index (χ2n) is 5.56. The zero-order valence-corrected chi connectivity index (χ0v) is 13.4. The van der Waals surface area contributed by atoms with Gasteiger partial charge in [-0.2, -0.15) is 0 Å². The minimum atomic E-state index is -0.0380. The van der Waals surface area contributed by atoms with E-state index in [1.165, 1.54) is 0 Å². The molecule has 0 aliphatic carbocycles. The van der Waals surface area contributed by atoms with Gasteiger partial charge in [-0.15, -0.1) is 0 Å². The summed E-state index contributed by atoms with van der Waals surface area (Å²) in [7, 11) is 0. The molecule has 0 saturated carbocycles. The van der Waals surface area contributed by atoms with Crippen molar-refractivity contribution in [3.8, 4) is 0 Å². The molecular formula is C17H18ClN3O2. The SMILES string of the molecule is O=C(Cc1ccc[nH]1)N1CCN(C(=O)c2cccc(Cl)c2)CC1. The van der Waals surface area contributed by atoms with Gasteiger partial charge in [0.1, 0.15) is 0 Å². The number of carbonyl (C=O) groups is 2. The van der Waals surface area contributed by atoms with E-state index in [4.69, 9.17) is 11.6 Å². The topological polar surface area (TPSA) is 56.4 Å². The first-order valence-corrected chi connectivity index (χ1v) is 7.96. The molecule has 1 aliphatic heterocycles. The van der Waals surface area contributed by atoms with E-state index >= 15 is 0 Å². The van der Waals surface area contributed by atoms with Crippen LogP contribution in [-0.2, 0) is 11.2 Å². The van der Waals surface area contributed by atoms with Crippen molar-refractivity contribution < 1.29 is 9.59 Å². The molecule has 0 bridgehead atoms. The third-order valence-electron chi connectivity index (χ3n) is 4.00. The zero-order valence-electron chi connectivity index (χ0n) is 12.7. The number of nitrogens with one attached hydrogen (secondary N) is 1. The molecular weight excluding hydrogens is 314 g/mol. The maximum Gasteiger partial charge on any atom is 0.254 e. The molecule has 0 atom stereocenters. The quantitative estimate of drug-likeness (QED) is 0.937. The van der Waals surface area contributed by atoms with Gasteiger partial charge in [-0.05, 0) is 30.3 Å². The number of rotatable bonds is 3. The lowest BCUT2D eigenvalue weighted by molar-refractivity contribution is -0.132. The summed E-state index contributed by atoms with van der Waals surface area (Å²) < 4.78 is 0. The van der Waals surface area contributed by atoms with Crippen LogP contribution in [-0.4, -0.2) is 52.8 Å². The predicted molar refractivity (Wildman–Crippen MR) is 88.4 cm³/mol. The second-order valence-corrected chi connectivity index (χ2v) is 5.99. The van der Waals surface area contributed by atoms with Crippen molar-refractivity contribution in [1.29, 1.82) is 0 Å². The van der Waals surface area contributed by atoms with Crippen LogP contribution in [0.1, 0.15) is 16.1 Å². The molecule has 1 N–H and O–H groups in total. The van der Waals surface area contributed by atoms with Gasteiger partial charge in [-0.1, -0.05) is 17.7 Å². The van der Waals surface area contributed by atoms with Gasteiger partial charge in [0.15, 0.2) is 0 Å². The number of hydrogen-bond donors (Lipinski definition) is 1. The summed E-state index contributed by atoms with van der Waals surface area (Å²) in [5, 5.41) is 0.551. The number of amides is 2. The lowest BCUT2D eigenvalue weighted by Gasteiger charge is -2.34. The first kappa shape index (κ1) is 15.6. The van der Waals surface area contributed by atoms with E-state index in [1.54, 1.807) is 29.2 Å². The fourth-order valence-electron chi connectivity index (χ4n) is 2.72. The Balaban J connectivity index is 1.55. The number of H-pyrrole nitrogens is 1. The third-order valence-corrected chi connectivity index (χ3v) is 4.23. The highest BCUT2D eigenvalue weighted by molar-refractivity contribution is 6.30. The van der Waals surface area contributed by atoms with Crippen molar-refractivity contribution >= 4 is 23.4 Å². The molecule has 0 unspecified atom stereocenters. The van der Waals surface area contributed by atoms with Crippen LogP contribution in [0.15, 0.2) is 42.6 Å². The highest BCUT2D eigenvalue weighted by Gasteiger charge is 2.25. The molecule has 0 spiro atoms. The Labute approximate surface area is 139 Å². The maximum atomic E-state index is 12.4. The number of halogens is 1. The smallest absolute Gasteiger partial charge is 0.254 e. The zero-order chi connectivity index (χ0) is 16.2. The monoisotopic (exact) mass is 331 g/mol. The highest BCUT2D eigenvalue weighted by Crippen LogP contribution is 2.14. The lowest BCUT2D eigenvalue weighted by Crippen LogP contribution is -2.51. The van der Waals surface area contributed by atoms with E-state index in [0.717, 1.165) is 5.69 Å². The van der Waals surface area contributed by atoms with Crippen LogP contribution in [0, 0.1) is 0 Å². The Morgan fingerprint density at radius 3 is 2.43 bits per heavy atom. The van der Waals surface area contributed by atoms with E-state index in [9.17, 15) is 9.59 Å². The Bertz CT molecular complexity index is 692. The van der Waals surface area contributed by atoms with E-state index in [0.29, 0.717) is 43.2 Å². The van der Waals surface area contributed by atoms with Crippen LogP contribution in [0.5, 0.6) is 0 Å². The Hall–Kier alpha value is -2.27. The third kappa shape index (κ3) is 3.74. The molecule has 2 amide bonds. The molecule has 1 saturated heterocycles. The molecule has 120 valence electrons. The van der Waals surface area contributed by atoms with Crippen LogP contribution in [0.25, 0.3) is 0 Å². The molecule has 2 aromatic rings. The molecule has 6 heteroatoms. The Morgan fingerprint density at radius 2 is 1.78 bits per heavy atom. The molecule has 5 nitrogen and oxygen atoms in total. The first-order chi connectivity index (χ1) is 11.1. The molecule has 1 fully saturated rings. The van der Waals surface area contributed by atoms with Crippen LogP contribution in [0.2, 0.25) is 5.02 Å². The van der Waals surface area contributed by atoms with Crippen LogP contribution in [0.4, 0.5) is 0 Å². The van der Waals surface area contributed by atoms with Crippen molar-refractivity contribution in [3.05, 3.63) is 58.9 Å². The average Bonchev–Trinajstić information content (AvgIpc) is 3.07. The van der Waals surface area contributed by atoms with Gasteiger partial charge >= 0.3 is 0 Å². The summed E-state index contributed by atoms with van der Waals surface area (Å²) in [6.07, 6.45) is 2.18. The van der Waals surface area contributed by atoms with Crippen molar-refractivity contribution in [2.75, 3.05) is 26.2 Å². The Kier molecular flexibility index (Phi) is 4.67. The van der Waals surface area contributed by atoms with Gasteiger partial charge in [0.05, 0.1) is 6.42 Å². The van der Waals surface area contributed by atoms with Crippen molar-refractivity contribution in [3.63, 3.8) is 0 Å². The largest absolute Gasteiger partial charge is 0.365 e. The summed E-state index contributed by atoms with van der Waals surface area (Å²) in [6, 6.07) is 10.7. The number of aromatic amines is 1. The lowest BCUT2D eigenvalue weighted by atomic mass is 10.1. The van der Waals surface area contributed by atoms with Crippen molar-refractivity contribution in [2.45, 2.75) is 6.42 Å². The molecule has 2 heterocycles. The van der Waals surface area contributed by atoms with Crippen molar-refractivity contribution in [2.24, 2.45) is 0 Å². The van der Waals surface area contributed by atoms with Crippen LogP contribution >= 0.6 is 11.6 Å². The van der Waals surface area contributed by atoms with E-state index in [2.05, 4.69) is 4.98 Å². The van der Waals surface area contributed by atoms with Gasteiger partial charge in [0.2, 0.25) is 5.91 Å². The molecule has 1 aromatic carbocycles. The van der Waals surface area contributed by atoms with Gasteiger partial charge < -0.3 is 14.8 Å². The normalized spacial score (nSPS) is 14.8. The van der Waals surface area contributed by atoms with Crippen LogP contribution in [0.3, 0.4) is 0 Å². The fourth-order valence-corrected chi connectivity index (χ4v) is 2.91. The molecule has 1 aromatic heterocycles. The number of carbonyl (C=O) groups excluding carboxylic acids is 2. The van der Waals surface area contributed by atoms with Gasteiger partial charge in [0, 0.05) is 48.7 Å². The molecule has 1 aliphatic rings. The number of aromatic nitrogens is 1. The van der Waals surface area contributed by atoms with Crippen molar-refractivity contribution in [1.82, 2.24) is 14.8 Å². The first-order valence-electron chi connectivity index (χ1n) is 7.58. The van der Waals surface area contributed by atoms with Crippen LogP contribution < -0.4 is 0 Å². The highest BCUT2D eigenvalue weighted by atomic mass is 35.5. The van der Waals surface area contributed by atoms with Gasteiger partial charge in [0.25, 0.3) is 5.91 Å². The summed E-state index contributed by atoms with van der Waals surface area (Å²) in [5.41, 5.74) is 1.50. The fraction of sp³-hybridized carbons (Fsp3) is 0.294. The number of nitrogens with zero attached hydrogens (tertiary/aromatic N) is 2. The summed E-state index contributed by atoms with van der Waals surface area (Å²) in [5.74, 6) is 0.0475. The number of piperazine rings is 1. The van der Waals surface area contributed by atoms with E-state index in [-0.39, 0.29) is 11.8 Å². The summed E-state index contributed by atoms with van der Waals surface area (Å²) in [4.78, 5) is 31.3. The van der Waals surface area contributed by atoms with E-state index < -0.39 is 0 Å². The predicted octanol–water partition coefficient (Wildman–Crippen LogP) is 2.20. The summed E-state index contributed by atoms with van der Waals surface area (Å²) in [6.45, 7) is 2.21. The average molecular weight is 332 g/mol. The Morgan fingerprint density at radius 1 is 1.04 bits per heavy atom. The second kappa shape index (κ2) is 6.87. The van der Waals surface area contributed by atoms with Gasteiger partial charge in [-0.3, -0.25) is 9.59 Å². The maximum absolute atomic E-state index is 12.4. The molecule has 23 heavy (non-hydrogen) atoms.